The lowest BCUT2D eigenvalue weighted by Gasteiger charge is -2.38. The molecule has 20 heavy (non-hydrogen) atoms. The number of ether oxygens (including phenoxy) is 2. The summed E-state index contributed by atoms with van der Waals surface area (Å²) in [5, 5.41) is 1.98. The van der Waals surface area contributed by atoms with Crippen LogP contribution in [0.1, 0.15) is 40.0 Å². The summed E-state index contributed by atoms with van der Waals surface area (Å²) in [5.74, 6) is 0.284. The van der Waals surface area contributed by atoms with E-state index in [4.69, 9.17) is 14.3 Å². The zero-order chi connectivity index (χ0) is 14.3. The van der Waals surface area contributed by atoms with E-state index in [0.29, 0.717) is 18.4 Å². The van der Waals surface area contributed by atoms with Gasteiger partial charge in [-0.2, -0.15) is 5.06 Å². The van der Waals surface area contributed by atoms with Crippen LogP contribution in [0.25, 0.3) is 0 Å². The molecule has 2 aliphatic heterocycles. The Balaban J connectivity index is 1.62. The predicted molar refractivity (Wildman–Crippen MR) is 70.4 cm³/mol. The first-order valence-corrected chi connectivity index (χ1v) is 7.58. The standard InChI is InChI=1S/C15H23NO4/c1-14(2)8-5-6-15(14,3)12-11(8)16-10(19-12)7-9(20-16)13(17)18-4/h8-12H,5-7H2,1-4H3/t8-,9+,10+,11-,12-,15+/m1/s1. The van der Waals surface area contributed by atoms with E-state index in [9.17, 15) is 4.79 Å². The molecule has 5 heteroatoms. The molecule has 0 amide bonds. The summed E-state index contributed by atoms with van der Waals surface area (Å²) in [5.41, 5.74) is 0.483. The van der Waals surface area contributed by atoms with Gasteiger partial charge in [0.15, 0.2) is 6.10 Å². The largest absolute Gasteiger partial charge is 0.467 e. The lowest BCUT2D eigenvalue weighted by molar-refractivity contribution is -0.206. The fourth-order valence-electron chi connectivity index (χ4n) is 5.16. The minimum Gasteiger partial charge on any atom is -0.467 e. The number of rotatable bonds is 1. The Morgan fingerprint density at radius 1 is 1.35 bits per heavy atom. The van der Waals surface area contributed by atoms with E-state index >= 15 is 0 Å². The monoisotopic (exact) mass is 281 g/mol. The molecule has 4 fully saturated rings. The summed E-state index contributed by atoms with van der Waals surface area (Å²) in [6.07, 6.45) is 2.70. The van der Waals surface area contributed by atoms with Crippen LogP contribution in [0.5, 0.6) is 0 Å². The van der Waals surface area contributed by atoms with Gasteiger partial charge in [-0.05, 0) is 24.2 Å². The molecule has 0 unspecified atom stereocenters. The van der Waals surface area contributed by atoms with E-state index < -0.39 is 6.10 Å². The Morgan fingerprint density at radius 3 is 2.80 bits per heavy atom. The SMILES string of the molecule is COC(=O)[C@@H]1C[C@@H]2O[C@@H]3[C@@H]([C@H]4CC[C@]3(C)C4(C)C)N2O1. The highest BCUT2D eigenvalue weighted by Crippen LogP contribution is 2.69. The number of carbonyl (C=O) groups excluding carboxylic acids is 1. The summed E-state index contributed by atoms with van der Waals surface area (Å²) in [7, 11) is 1.40. The highest BCUT2D eigenvalue weighted by Gasteiger charge is 2.72. The van der Waals surface area contributed by atoms with Gasteiger partial charge >= 0.3 is 5.97 Å². The summed E-state index contributed by atoms with van der Waals surface area (Å²) >= 11 is 0. The number of hydroxylamine groups is 2. The van der Waals surface area contributed by atoms with Gasteiger partial charge in [0.2, 0.25) is 0 Å². The second kappa shape index (κ2) is 3.76. The molecule has 6 atom stereocenters. The van der Waals surface area contributed by atoms with Gasteiger partial charge in [-0.3, -0.25) is 4.84 Å². The minimum atomic E-state index is -0.499. The number of nitrogens with zero attached hydrogens (tertiary/aromatic N) is 1. The highest BCUT2D eigenvalue weighted by molar-refractivity contribution is 5.74. The van der Waals surface area contributed by atoms with Crippen LogP contribution in [0.4, 0.5) is 0 Å². The second-order valence-corrected chi connectivity index (χ2v) is 7.50. The van der Waals surface area contributed by atoms with Crippen molar-refractivity contribution in [2.45, 2.75) is 64.5 Å². The van der Waals surface area contributed by atoms with Crippen LogP contribution >= 0.6 is 0 Å². The van der Waals surface area contributed by atoms with E-state index in [1.54, 1.807) is 0 Å². The van der Waals surface area contributed by atoms with Gasteiger partial charge in [-0.15, -0.1) is 0 Å². The van der Waals surface area contributed by atoms with E-state index in [1.165, 1.54) is 20.0 Å². The fourth-order valence-corrected chi connectivity index (χ4v) is 5.16. The van der Waals surface area contributed by atoms with Crippen molar-refractivity contribution in [2.75, 3.05) is 7.11 Å². The van der Waals surface area contributed by atoms with E-state index in [2.05, 4.69) is 20.8 Å². The van der Waals surface area contributed by atoms with Crippen LogP contribution < -0.4 is 0 Å². The molecule has 2 heterocycles. The van der Waals surface area contributed by atoms with E-state index in [0.717, 1.165) is 0 Å². The fraction of sp³-hybridized carbons (Fsp3) is 0.933. The molecule has 2 saturated carbocycles. The molecule has 2 bridgehead atoms. The summed E-state index contributed by atoms with van der Waals surface area (Å²) in [4.78, 5) is 17.5. The van der Waals surface area contributed by atoms with Crippen molar-refractivity contribution >= 4 is 5.97 Å². The second-order valence-electron chi connectivity index (χ2n) is 7.50. The lowest BCUT2D eigenvalue weighted by atomic mass is 9.70. The average molecular weight is 281 g/mol. The molecule has 2 saturated heterocycles. The Labute approximate surface area is 119 Å². The van der Waals surface area contributed by atoms with Crippen LogP contribution in [-0.4, -0.2) is 42.6 Å². The molecule has 0 spiro atoms. The normalized spacial score (nSPS) is 52.1. The Bertz CT molecular complexity index is 465. The van der Waals surface area contributed by atoms with Gasteiger partial charge < -0.3 is 9.47 Å². The molecule has 0 aromatic rings. The van der Waals surface area contributed by atoms with Gasteiger partial charge in [0, 0.05) is 11.8 Å². The van der Waals surface area contributed by atoms with E-state index in [-0.39, 0.29) is 29.1 Å². The van der Waals surface area contributed by atoms with Crippen molar-refractivity contribution < 1.29 is 19.1 Å². The summed E-state index contributed by atoms with van der Waals surface area (Å²) in [6, 6.07) is 0.295. The van der Waals surface area contributed by atoms with Gasteiger partial charge in [0.05, 0.1) is 19.3 Å². The molecule has 0 N–H and O–H groups in total. The number of hydrogen-bond acceptors (Lipinski definition) is 5. The summed E-state index contributed by atoms with van der Waals surface area (Å²) in [6.45, 7) is 7.07. The smallest absolute Gasteiger partial charge is 0.337 e. The number of esters is 1. The zero-order valence-electron chi connectivity index (χ0n) is 12.6. The molecule has 4 rings (SSSR count). The van der Waals surface area contributed by atoms with Crippen molar-refractivity contribution in [1.29, 1.82) is 0 Å². The molecule has 5 nitrogen and oxygen atoms in total. The van der Waals surface area contributed by atoms with Crippen molar-refractivity contribution in [1.82, 2.24) is 5.06 Å². The molecular weight excluding hydrogens is 258 g/mol. The Kier molecular flexibility index (Phi) is 2.45. The van der Waals surface area contributed by atoms with Crippen molar-refractivity contribution in [3.8, 4) is 0 Å². The van der Waals surface area contributed by atoms with Crippen LogP contribution in [-0.2, 0) is 19.1 Å². The Hall–Kier alpha value is -0.650. The molecule has 0 aromatic carbocycles. The third-order valence-corrected chi connectivity index (χ3v) is 6.73. The molecule has 112 valence electrons. The third kappa shape index (κ3) is 1.27. The average Bonchev–Trinajstić information content (AvgIpc) is 3.05. The quantitative estimate of drug-likeness (QED) is 0.685. The van der Waals surface area contributed by atoms with Crippen LogP contribution in [0, 0.1) is 16.7 Å². The van der Waals surface area contributed by atoms with Gasteiger partial charge in [-0.1, -0.05) is 20.8 Å². The van der Waals surface area contributed by atoms with Crippen LogP contribution in [0.15, 0.2) is 0 Å². The van der Waals surface area contributed by atoms with Crippen LogP contribution in [0.3, 0.4) is 0 Å². The Morgan fingerprint density at radius 2 is 2.10 bits per heavy atom. The van der Waals surface area contributed by atoms with Gasteiger partial charge in [0.25, 0.3) is 0 Å². The predicted octanol–water partition coefficient (Wildman–Crippen LogP) is 1.71. The molecular formula is C15H23NO4. The number of methoxy groups -OCH3 is 1. The van der Waals surface area contributed by atoms with Crippen molar-refractivity contribution in [3.05, 3.63) is 0 Å². The maximum atomic E-state index is 11.7. The van der Waals surface area contributed by atoms with Gasteiger partial charge in [-0.25, -0.2) is 4.79 Å². The first-order chi connectivity index (χ1) is 9.40. The number of fused-ring (bicyclic) bond motifs is 7. The topological polar surface area (TPSA) is 48.0 Å². The maximum absolute atomic E-state index is 11.7. The third-order valence-electron chi connectivity index (χ3n) is 6.73. The van der Waals surface area contributed by atoms with Crippen LogP contribution in [0.2, 0.25) is 0 Å². The van der Waals surface area contributed by atoms with Gasteiger partial charge in [0.1, 0.15) is 6.23 Å². The van der Waals surface area contributed by atoms with Crippen molar-refractivity contribution in [3.63, 3.8) is 0 Å². The zero-order valence-corrected chi connectivity index (χ0v) is 12.6. The number of carbonyl (C=O) groups is 1. The molecule has 0 aromatic heterocycles. The summed E-state index contributed by atoms with van der Waals surface area (Å²) < 4.78 is 11.1. The van der Waals surface area contributed by atoms with Crippen molar-refractivity contribution in [2.24, 2.45) is 16.7 Å². The lowest BCUT2D eigenvalue weighted by Crippen LogP contribution is -2.42. The molecule has 4 aliphatic rings. The first-order valence-electron chi connectivity index (χ1n) is 7.58. The highest BCUT2D eigenvalue weighted by atomic mass is 16.8. The minimum absolute atomic E-state index is 0.0786. The maximum Gasteiger partial charge on any atom is 0.337 e. The molecule has 0 radical (unpaired) electrons. The van der Waals surface area contributed by atoms with E-state index in [1.807, 2.05) is 5.06 Å². The number of hydrogen-bond donors (Lipinski definition) is 0. The first kappa shape index (κ1) is 13.0. The molecule has 2 aliphatic carbocycles.